The molecule has 0 aliphatic rings. The van der Waals surface area contributed by atoms with Gasteiger partial charge >= 0.3 is 0 Å². The Balaban J connectivity index is 2.55. The first kappa shape index (κ1) is 13.9. The quantitative estimate of drug-likeness (QED) is 0.938. The van der Waals surface area contributed by atoms with E-state index in [1.807, 2.05) is 19.9 Å². The fourth-order valence-corrected chi connectivity index (χ4v) is 2.30. The predicted molar refractivity (Wildman–Crippen MR) is 73.8 cm³/mol. The molecule has 100 valence electrons. The first-order valence-corrected chi connectivity index (χ1v) is 6.33. The molecule has 1 aromatic carbocycles. The van der Waals surface area contributed by atoms with Crippen molar-refractivity contribution in [1.82, 2.24) is 15.5 Å². The second kappa shape index (κ2) is 5.63. The lowest BCUT2D eigenvalue weighted by atomic mass is 9.97. The third-order valence-corrected chi connectivity index (χ3v) is 3.35. The molecule has 2 aromatic rings. The van der Waals surface area contributed by atoms with E-state index in [0.29, 0.717) is 10.6 Å². The highest BCUT2D eigenvalue weighted by atomic mass is 35.5. The Kier molecular flexibility index (Phi) is 4.12. The van der Waals surface area contributed by atoms with E-state index in [0.717, 1.165) is 17.0 Å². The summed E-state index contributed by atoms with van der Waals surface area (Å²) in [5.41, 5.74) is 3.25. The van der Waals surface area contributed by atoms with Crippen molar-refractivity contribution in [3.05, 3.63) is 57.6 Å². The third-order valence-electron chi connectivity index (χ3n) is 3.01. The lowest BCUT2D eigenvalue weighted by molar-refractivity contribution is 0.615. The Hall–Kier alpha value is -1.52. The zero-order chi connectivity index (χ0) is 14.0. The molecule has 1 unspecified atom stereocenters. The van der Waals surface area contributed by atoms with Crippen molar-refractivity contribution in [2.24, 2.45) is 0 Å². The summed E-state index contributed by atoms with van der Waals surface area (Å²) >= 11 is 6.17. The average molecular weight is 280 g/mol. The lowest BCUT2D eigenvalue weighted by Gasteiger charge is -2.20. The topological polar surface area (TPSA) is 37.8 Å². The van der Waals surface area contributed by atoms with Crippen LogP contribution in [0.4, 0.5) is 4.39 Å². The van der Waals surface area contributed by atoms with Gasteiger partial charge in [0.05, 0.1) is 17.4 Å². The number of hydrogen-bond donors (Lipinski definition) is 1. The molecule has 0 saturated heterocycles. The molecule has 2 rings (SSSR count). The van der Waals surface area contributed by atoms with Crippen LogP contribution in [-0.2, 0) is 0 Å². The maximum Gasteiger partial charge on any atom is 0.123 e. The molecule has 1 aromatic heterocycles. The minimum atomic E-state index is -0.309. The lowest BCUT2D eigenvalue weighted by Crippen LogP contribution is -2.20. The van der Waals surface area contributed by atoms with Crippen molar-refractivity contribution in [2.45, 2.75) is 19.9 Å². The average Bonchev–Trinajstić information content (AvgIpc) is 2.38. The monoisotopic (exact) mass is 279 g/mol. The van der Waals surface area contributed by atoms with Gasteiger partial charge in [0.2, 0.25) is 0 Å². The molecule has 0 radical (unpaired) electrons. The molecule has 0 amide bonds. The van der Waals surface area contributed by atoms with Gasteiger partial charge in [0.15, 0.2) is 0 Å². The summed E-state index contributed by atoms with van der Waals surface area (Å²) in [6.07, 6.45) is 0. The van der Waals surface area contributed by atoms with Crippen LogP contribution in [0.25, 0.3) is 0 Å². The van der Waals surface area contributed by atoms with Gasteiger partial charge in [0.25, 0.3) is 0 Å². The SMILES string of the molecule is CNC(c1cc(F)ccc1Cl)c1cc(C)nnc1C. The highest BCUT2D eigenvalue weighted by molar-refractivity contribution is 6.31. The maximum absolute atomic E-state index is 13.4. The molecule has 0 saturated carbocycles. The van der Waals surface area contributed by atoms with E-state index in [1.165, 1.54) is 12.1 Å². The fourth-order valence-electron chi connectivity index (χ4n) is 2.08. The number of nitrogens with zero attached hydrogens (tertiary/aromatic N) is 2. The van der Waals surface area contributed by atoms with E-state index in [9.17, 15) is 4.39 Å². The number of aryl methyl sites for hydroxylation is 2. The van der Waals surface area contributed by atoms with E-state index in [4.69, 9.17) is 11.6 Å². The molecule has 0 aliphatic carbocycles. The zero-order valence-electron chi connectivity index (χ0n) is 11.0. The Bertz CT molecular complexity index is 550. The molecule has 5 heteroatoms. The predicted octanol–water partition coefficient (Wildman–Crippen LogP) is 3.19. The molecule has 0 aliphatic heterocycles. The molecular weight excluding hydrogens is 265 g/mol. The van der Waals surface area contributed by atoms with Crippen molar-refractivity contribution in [3.8, 4) is 0 Å². The summed E-state index contributed by atoms with van der Waals surface area (Å²) in [4.78, 5) is 0. The summed E-state index contributed by atoms with van der Waals surface area (Å²) < 4.78 is 13.4. The van der Waals surface area contributed by atoms with Gasteiger partial charge in [-0.15, -0.1) is 0 Å². The Morgan fingerprint density at radius 3 is 2.58 bits per heavy atom. The van der Waals surface area contributed by atoms with Gasteiger partial charge in [0, 0.05) is 5.02 Å². The van der Waals surface area contributed by atoms with Crippen LogP contribution in [0, 0.1) is 19.7 Å². The van der Waals surface area contributed by atoms with E-state index in [2.05, 4.69) is 15.5 Å². The third kappa shape index (κ3) is 2.91. The van der Waals surface area contributed by atoms with Crippen molar-refractivity contribution in [1.29, 1.82) is 0 Å². The van der Waals surface area contributed by atoms with Gasteiger partial charge < -0.3 is 5.32 Å². The largest absolute Gasteiger partial charge is 0.309 e. The van der Waals surface area contributed by atoms with Gasteiger partial charge in [-0.05, 0) is 56.3 Å². The van der Waals surface area contributed by atoms with Crippen LogP contribution in [0.3, 0.4) is 0 Å². The van der Waals surface area contributed by atoms with Gasteiger partial charge in [0.1, 0.15) is 5.82 Å². The summed E-state index contributed by atoms with van der Waals surface area (Å²) in [6, 6.07) is 6.08. The first-order valence-electron chi connectivity index (χ1n) is 5.96. The standard InChI is InChI=1S/C14H15ClFN3/c1-8-6-11(9(2)19-18-8)14(17-3)12-7-10(16)4-5-13(12)15/h4-7,14,17H,1-3H3. The number of hydrogen-bond acceptors (Lipinski definition) is 3. The molecule has 1 heterocycles. The summed E-state index contributed by atoms with van der Waals surface area (Å²) in [6.45, 7) is 3.75. The van der Waals surface area contributed by atoms with E-state index < -0.39 is 0 Å². The van der Waals surface area contributed by atoms with E-state index >= 15 is 0 Å². The summed E-state index contributed by atoms with van der Waals surface area (Å²) in [7, 11) is 1.81. The Morgan fingerprint density at radius 2 is 1.89 bits per heavy atom. The minimum Gasteiger partial charge on any atom is -0.309 e. The highest BCUT2D eigenvalue weighted by Crippen LogP contribution is 2.30. The molecular formula is C14H15ClFN3. The Morgan fingerprint density at radius 1 is 1.16 bits per heavy atom. The van der Waals surface area contributed by atoms with Gasteiger partial charge in [-0.1, -0.05) is 11.6 Å². The second-order valence-electron chi connectivity index (χ2n) is 4.41. The van der Waals surface area contributed by atoms with Crippen LogP contribution in [0.15, 0.2) is 24.3 Å². The molecule has 1 atom stereocenters. The van der Waals surface area contributed by atoms with Crippen molar-refractivity contribution < 1.29 is 4.39 Å². The molecule has 1 N–H and O–H groups in total. The van der Waals surface area contributed by atoms with E-state index in [1.54, 1.807) is 13.1 Å². The number of halogens is 2. The Labute approximate surface area is 116 Å². The fraction of sp³-hybridized carbons (Fsp3) is 0.286. The smallest absolute Gasteiger partial charge is 0.123 e. The molecule has 3 nitrogen and oxygen atoms in total. The first-order chi connectivity index (χ1) is 9.02. The molecule has 0 bridgehead atoms. The summed E-state index contributed by atoms with van der Waals surface area (Å²) in [5, 5.41) is 11.8. The van der Waals surface area contributed by atoms with Crippen LogP contribution in [0.2, 0.25) is 5.02 Å². The van der Waals surface area contributed by atoms with Gasteiger partial charge in [-0.25, -0.2) is 4.39 Å². The number of aromatic nitrogens is 2. The van der Waals surface area contributed by atoms with E-state index in [-0.39, 0.29) is 11.9 Å². The van der Waals surface area contributed by atoms with Crippen LogP contribution < -0.4 is 5.32 Å². The number of benzene rings is 1. The number of rotatable bonds is 3. The normalized spacial score (nSPS) is 12.5. The van der Waals surface area contributed by atoms with Crippen LogP contribution in [0.1, 0.15) is 28.6 Å². The van der Waals surface area contributed by atoms with Crippen molar-refractivity contribution >= 4 is 11.6 Å². The van der Waals surface area contributed by atoms with Crippen LogP contribution >= 0.6 is 11.6 Å². The highest BCUT2D eigenvalue weighted by Gasteiger charge is 2.19. The molecule has 0 fully saturated rings. The number of nitrogens with one attached hydrogen (secondary N) is 1. The van der Waals surface area contributed by atoms with Crippen LogP contribution in [0.5, 0.6) is 0 Å². The van der Waals surface area contributed by atoms with Gasteiger partial charge in [-0.3, -0.25) is 0 Å². The molecule has 0 spiro atoms. The van der Waals surface area contributed by atoms with Crippen molar-refractivity contribution in [3.63, 3.8) is 0 Å². The minimum absolute atomic E-state index is 0.211. The second-order valence-corrected chi connectivity index (χ2v) is 4.82. The zero-order valence-corrected chi connectivity index (χ0v) is 11.8. The van der Waals surface area contributed by atoms with Crippen LogP contribution in [-0.4, -0.2) is 17.2 Å². The van der Waals surface area contributed by atoms with Gasteiger partial charge in [-0.2, -0.15) is 10.2 Å². The van der Waals surface area contributed by atoms with Crippen molar-refractivity contribution in [2.75, 3.05) is 7.05 Å². The summed E-state index contributed by atoms with van der Waals surface area (Å²) in [5.74, 6) is -0.309. The maximum atomic E-state index is 13.4. The molecule has 19 heavy (non-hydrogen) atoms.